The molecular weight excluding hydrogens is 214 g/mol. The molecule has 0 radical (unpaired) electrons. The molecule has 17 heavy (non-hydrogen) atoms. The minimum atomic E-state index is 0.168. The van der Waals surface area contributed by atoms with Gasteiger partial charge in [0.05, 0.1) is 5.56 Å². The van der Waals surface area contributed by atoms with Crippen molar-refractivity contribution in [3.63, 3.8) is 0 Å². The number of anilines is 1. The van der Waals surface area contributed by atoms with Crippen LogP contribution in [0.2, 0.25) is 0 Å². The Balaban J connectivity index is 2.22. The van der Waals surface area contributed by atoms with Gasteiger partial charge in [0.25, 0.3) is 0 Å². The third kappa shape index (κ3) is 2.28. The molecule has 0 saturated carbocycles. The number of hydrogen-bond donors (Lipinski definition) is 0. The topological polar surface area (TPSA) is 57.0 Å². The molecule has 4 nitrogen and oxygen atoms in total. The number of nitriles is 1. The van der Waals surface area contributed by atoms with Crippen LogP contribution in [0.3, 0.4) is 0 Å². The van der Waals surface area contributed by atoms with E-state index in [4.69, 9.17) is 5.26 Å². The van der Waals surface area contributed by atoms with E-state index in [2.05, 4.69) is 16.0 Å². The summed E-state index contributed by atoms with van der Waals surface area (Å²) in [6, 6.07) is 4.06. The Morgan fingerprint density at radius 3 is 2.82 bits per heavy atom. The van der Waals surface area contributed by atoms with Crippen LogP contribution in [0.25, 0.3) is 0 Å². The van der Waals surface area contributed by atoms with Gasteiger partial charge in [-0.3, -0.25) is 0 Å². The Kier molecular flexibility index (Phi) is 3.38. The van der Waals surface area contributed by atoms with E-state index < -0.39 is 0 Å². The van der Waals surface area contributed by atoms with Crippen LogP contribution in [0.1, 0.15) is 24.0 Å². The zero-order valence-corrected chi connectivity index (χ0v) is 9.89. The number of aldehydes is 1. The molecule has 0 spiro atoms. The molecule has 1 saturated heterocycles. The maximum absolute atomic E-state index is 10.7. The summed E-state index contributed by atoms with van der Waals surface area (Å²) < 4.78 is 0. The molecule has 0 unspecified atom stereocenters. The largest absolute Gasteiger partial charge is 0.355 e. The van der Waals surface area contributed by atoms with Gasteiger partial charge in [0, 0.05) is 25.2 Å². The predicted molar refractivity (Wildman–Crippen MR) is 64.7 cm³/mol. The van der Waals surface area contributed by atoms with Crippen molar-refractivity contribution in [1.29, 1.82) is 5.26 Å². The Hall–Kier alpha value is -1.89. The van der Waals surface area contributed by atoms with Crippen molar-refractivity contribution in [3.05, 3.63) is 23.4 Å². The number of aryl methyl sites for hydroxylation is 1. The van der Waals surface area contributed by atoms with E-state index >= 15 is 0 Å². The Morgan fingerprint density at radius 2 is 2.24 bits per heavy atom. The van der Waals surface area contributed by atoms with Crippen molar-refractivity contribution in [2.45, 2.75) is 19.8 Å². The van der Waals surface area contributed by atoms with Gasteiger partial charge in [0.1, 0.15) is 18.2 Å². The first-order valence-corrected chi connectivity index (χ1v) is 5.82. The standard InChI is InChI=1S/C13H15N3O/c1-10-2-5-15-13(12(10)8-14)16-6-3-11(9-17)4-7-16/h2,5,9,11H,3-4,6-7H2,1H3. The first-order valence-electron chi connectivity index (χ1n) is 5.82. The van der Waals surface area contributed by atoms with Crippen molar-refractivity contribution in [1.82, 2.24) is 4.98 Å². The van der Waals surface area contributed by atoms with Gasteiger partial charge in [-0.25, -0.2) is 4.98 Å². The number of hydrogen-bond acceptors (Lipinski definition) is 4. The lowest BCUT2D eigenvalue weighted by Gasteiger charge is -2.31. The highest BCUT2D eigenvalue weighted by molar-refractivity contribution is 5.59. The van der Waals surface area contributed by atoms with E-state index in [-0.39, 0.29) is 5.92 Å². The monoisotopic (exact) mass is 229 g/mol. The highest BCUT2D eigenvalue weighted by Gasteiger charge is 2.21. The van der Waals surface area contributed by atoms with Crippen molar-refractivity contribution < 1.29 is 4.79 Å². The fourth-order valence-corrected chi connectivity index (χ4v) is 2.17. The number of rotatable bonds is 2. The molecular formula is C13H15N3O. The minimum absolute atomic E-state index is 0.168. The van der Waals surface area contributed by atoms with E-state index in [1.54, 1.807) is 6.20 Å². The number of aromatic nitrogens is 1. The number of nitrogens with zero attached hydrogens (tertiary/aromatic N) is 3. The van der Waals surface area contributed by atoms with Gasteiger partial charge in [-0.05, 0) is 31.4 Å². The number of carbonyl (C=O) groups is 1. The van der Waals surface area contributed by atoms with E-state index in [0.29, 0.717) is 5.56 Å². The summed E-state index contributed by atoms with van der Waals surface area (Å²) in [6.45, 7) is 3.52. The van der Waals surface area contributed by atoms with Crippen LogP contribution in [0.15, 0.2) is 12.3 Å². The molecule has 4 heteroatoms. The van der Waals surface area contributed by atoms with Gasteiger partial charge < -0.3 is 9.69 Å². The first kappa shape index (κ1) is 11.6. The molecule has 0 aromatic carbocycles. The van der Waals surface area contributed by atoms with Crippen LogP contribution >= 0.6 is 0 Å². The zero-order chi connectivity index (χ0) is 12.3. The average molecular weight is 229 g/mol. The van der Waals surface area contributed by atoms with E-state index in [1.807, 2.05) is 13.0 Å². The van der Waals surface area contributed by atoms with Crippen LogP contribution in [0.5, 0.6) is 0 Å². The average Bonchev–Trinajstić information content (AvgIpc) is 2.38. The maximum atomic E-state index is 10.7. The molecule has 1 aromatic rings. The first-order chi connectivity index (χ1) is 8.26. The maximum Gasteiger partial charge on any atom is 0.146 e. The molecule has 2 rings (SSSR count). The van der Waals surface area contributed by atoms with E-state index in [9.17, 15) is 4.79 Å². The van der Waals surface area contributed by atoms with Gasteiger partial charge in [-0.2, -0.15) is 5.26 Å². The molecule has 0 atom stereocenters. The summed E-state index contributed by atoms with van der Waals surface area (Å²) in [5, 5.41) is 9.16. The Labute approximate surface area is 101 Å². The van der Waals surface area contributed by atoms with E-state index in [0.717, 1.165) is 43.6 Å². The van der Waals surface area contributed by atoms with Gasteiger partial charge in [-0.15, -0.1) is 0 Å². The number of pyridine rings is 1. The van der Waals surface area contributed by atoms with Gasteiger partial charge in [0.2, 0.25) is 0 Å². The quantitative estimate of drug-likeness (QED) is 0.724. The van der Waals surface area contributed by atoms with Crippen LogP contribution in [0, 0.1) is 24.2 Å². The van der Waals surface area contributed by atoms with E-state index in [1.165, 1.54) is 0 Å². The van der Waals surface area contributed by atoms with Crippen LogP contribution < -0.4 is 4.90 Å². The van der Waals surface area contributed by atoms with Crippen molar-refractivity contribution in [3.8, 4) is 6.07 Å². The lowest BCUT2D eigenvalue weighted by atomic mass is 9.98. The van der Waals surface area contributed by atoms with Crippen molar-refractivity contribution in [2.24, 2.45) is 5.92 Å². The molecule has 0 bridgehead atoms. The number of carbonyl (C=O) groups excluding carboxylic acids is 1. The molecule has 0 N–H and O–H groups in total. The predicted octanol–water partition coefficient (Wildman–Crippen LogP) is 1.68. The molecule has 0 aliphatic carbocycles. The Morgan fingerprint density at radius 1 is 1.53 bits per heavy atom. The third-order valence-electron chi connectivity index (χ3n) is 3.28. The SMILES string of the molecule is Cc1ccnc(N2CCC(C=O)CC2)c1C#N. The Bertz CT molecular complexity index is 456. The third-order valence-corrected chi connectivity index (χ3v) is 3.28. The summed E-state index contributed by atoms with van der Waals surface area (Å²) in [6.07, 6.45) is 4.47. The summed E-state index contributed by atoms with van der Waals surface area (Å²) in [4.78, 5) is 17.1. The fraction of sp³-hybridized carbons (Fsp3) is 0.462. The summed E-state index contributed by atoms with van der Waals surface area (Å²) in [5.41, 5.74) is 1.60. The second kappa shape index (κ2) is 4.96. The highest BCUT2D eigenvalue weighted by atomic mass is 16.1. The highest BCUT2D eigenvalue weighted by Crippen LogP contribution is 2.24. The van der Waals surface area contributed by atoms with Gasteiger partial charge in [0.15, 0.2) is 0 Å². The van der Waals surface area contributed by atoms with Crippen molar-refractivity contribution in [2.75, 3.05) is 18.0 Å². The lowest BCUT2D eigenvalue weighted by molar-refractivity contribution is -0.111. The van der Waals surface area contributed by atoms with Crippen LogP contribution in [-0.2, 0) is 4.79 Å². The minimum Gasteiger partial charge on any atom is -0.355 e. The molecule has 88 valence electrons. The summed E-state index contributed by atoms with van der Waals surface area (Å²) in [5.74, 6) is 0.929. The van der Waals surface area contributed by atoms with Gasteiger partial charge in [-0.1, -0.05) is 0 Å². The molecule has 1 aliphatic rings. The zero-order valence-electron chi connectivity index (χ0n) is 9.89. The second-order valence-corrected chi connectivity index (χ2v) is 4.40. The molecule has 1 aromatic heterocycles. The fourth-order valence-electron chi connectivity index (χ4n) is 2.17. The summed E-state index contributed by atoms with van der Waals surface area (Å²) >= 11 is 0. The lowest BCUT2D eigenvalue weighted by Crippen LogP contribution is -2.35. The van der Waals surface area contributed by atoms with Crippen LogP contribution in [-0.4, -0.2) is 24.4 Å². The second-order valence-electron chi connectivity index (χ2n) is 4.40. The normalized spacial score (nSPS) is 16.6. The van der Waals surface area contributed by atoms with Gasteiger partial charge >= 0.3 is 0 Å². The van der Waals surface area contributed by atoms with Crippen LogP contribution in [0.4, 0.5) is 5.82 Å². The molecule has 0 amide bonds. The molecule has 2 heterocycles. The molecule has 1 aliphatic heterocycles. The summed E-state index contributed by atoms with van der Waals surface area (Å²) in [7, 11) is 0. The van der Waals surface area contributed by atoms with Crippen molar-refractivity contribution >= 4 is 12.1 Å². The smallest absolute Gasteiger partial charge is 0.146 e. The number of piperidine rings is 1. The molecule has 1 fully saturated rings.